The summed E-state index contributed by atoms with van der Waals surface area (Å²) in [7, 11) is 0. The average molecular weight is 248 g/mol. The molecule has 0 saturated carbocycles. The van der Waals surface area contributed by atoms with Crippen molar-refractivity contribution in [2.75, 3.05) is 25.1 Å². The third-order valence-electron chi connectivity index (χ3n) is 3.89. The van der Waals surface area contributed by atoms with E-state index in [1.165, 1.54) is 0 Å². The molecule has 1 aromatic carbocycles. The van der Waals surface area contributed by atoms with Crippen molar-refractivity contribution in [3.63, 3.8) is 0 Å². The number of nitrogens with two attached hydrogens (primary N) is 1. The number of aliphatic hydroxyl groups is 1. The standard InChI is InChI=1S/C13H16N2O3/c14-5-11(16)13(6-18-7-13)9-1-2-10-8(3-9)4-12(17)15-10/h1-3,11,16H,4-7,14H2,(H,15,17). The summed E-state index contributed by atoms with van der Waals surface area (Å²) in [5, 5.41) is 12.9. The fraction of sp³-hybridized carbons (Fsp3) is 0.462. The first-order valence-corrected chi connectivity index (χ1v) is 6.05. The van der Waals surface area contributed by atoms with Crippen LogP contribution in [0.4, 0.5) is 5.69 Å². The number of anilines is 1. The van der Waals surface area contributed by atoms with Crippen molar-refractivity contribution in [1.82, 2.24) is 0 Å². The molecular weight excluding hydrogens is 232 g/mol. The predicted octanol–water partition coefficient (Wildman–Crippen LogP) is -0.231. The maximum atomic E-state index is 11.3. The molecular formula is C13H16N2O3. The lowest BCUT2D eigenvalue weighted by molar-refractivity contribution is -0.116. The zero-order valence-corrected chi connectivity index (χ0v) is 9.98. The molecule has 2 heterocycles. The molecule has 1 saturated heterocycles. The highest BCUT2D eigenvalue weighted by Gasteiger charge is 2.46. The van der Waals surface area contributed by atoms with Crippen LogP contribution < -0.4 is 11.1 Å². The van der Waals surface area contributed by atoms with E-state index in [1.807, 2.05) is 18.2 Å². The first-order valence-electron chi connectivity index (χ1n) is 6.05. The van der Waals surface area contributed by atoms with E-state index in [2.05, 4.69) is 5.32 Å². The van der Waals surface area contributed by atoms with Crippen LogP contribution in [0, 0.1) is 0 Å². The molecule has 96 valence electrons. The lowest BCUT2D eigenvalue weighted by atomic mass is 9.73. The number of ether oxygens (including phenoxy) is 1. The Morgan fingerprint density at radius 2 is 2.28 bits per heavy atom. The van der Waals surface area contributed by atoms with Crippen molar-refractivity contribution >= 4 is 11.6 Å². The molecule has 0 radical (unpaired) electrons. The Morgan fingerprint density at radius 1 is 1.50 bits per heavy atom. The number of carbonyl (C=O) groups is 1. The van der Waals surface area contributed by atoms with E-state index in [1.54, 1.807) is 0 Å². The summed E-state index contributed by atoms with van der Waals surface area (Å²) in [6, 6.07) is 5.80. The zero-order chi connectivity index (χ0) is 12.8. The van der Waals surface area contributed by atoms with Crippen molar-refractivity contribution in [1.29, 1.82) is 0 Å². The normalized spacial score (nSPS) is 22.0. The molecule has 3 rings (SSSR count). The van der Waals surface area contributed by atoms with E-state index < -0.39 is 11.5 Å². The van der Waals surface area contributed by atoms with Gasteiger partial charge in [-0.25, -0.2) is 0 Å². The van der Waals surface area contributed by atoms with Gasteiger partial charge in [0.2, 0.25) is 5.91 Å². The van der Waals surface area contributed by atoms with Crippen LogP contribution in [-0.4, -0.2) is 36.9 Å². The van der Waals surface area contributed by atoms with Gasteiger partial charge in [0.1, 0.15) is 0 Å². The highest BCUT2D eigenvalue weighted by molar-refractivity contribution is 5.99. The quantitative estimate of drug-likeness (QED) is 0.690. The summed E-state index contributed by atoms with van der Waals surface area (Å²) in [6.45, 7) is 1.16. The van der Waals surface area contributed by atoms with Gasteiger partial charge < -0.3 is 20.9 Å². The minimum absolute atomic E-state index is 0.0143. The maximum Gasteiger partial charge on any atom is 0.228 e. The molecule has 2 aliphatic heterocycles. The minimum atomic E-state index is -0.616. The fourth-order valence-electron chi connectivity index (χ4n) is 2.64. The van der Waals surface area contributed by atoms with Crippen LogP contribution in [0.15, 0.2) is 18.2 Å². The number of amides is 1. The van der Waals surface area contributed by atoms with Crippen LogP contribution >= 0.6 is 0 Å². The molecule has 0 bridgehead atoms. The number of nitrogens with one attached hydrogen (secondary N) is 1. The molecule has 0 aromatic heterocycles. The van der Waals surface area contributed by atoms with Crippen molar-refractivity contribution in [3.8, 4) is 0 Å². The Kier molecular flexibility index (Phi) is 2.62. The van der Waals surface area contributed by atoms with Gasteiger partial charge in [-0.15, -0.1) is 0 Å². The maximum absolute atomic E-state index is 11.3. The largest absolute Gasteiger partial charge is 0.391 e. The third-order valence-corrected chi connectivity index (χ3v) is 3.89. The van der Waals surface area contributed by atoms with Gasteiger partial charge in [-0.3, -0.25) is 4.79 Å². The molecule has 1 atom stereocenters. The van der Waals surface area contributed by atoms with E-state index in [0.29, 0.717) is 19.6 Å². The highest BCUT2D eigenvalue weighted by atomic mass is 16.5. The summed E-state index contributed by atoms with van der Waals surface area (Å²) in [6.07, 6.45) is -0.215. The van der Waals surface area contributed by atoms with Crippen LogP contribution in [0.2, 0.25) is 0 Å². The van der Waals surface area contributed by atoms with E-state index >= 15 is 0 Å². The molecule has 18 heavy (non-hydrogen) atoms. The zero-order valence-electron chi connectivity index (χ0n) is 9.98. The summed E-state index contributed by atoms with van der Waals surface area (Å²) >= 11 is 0. The Hall–Kier alpha value is -1.43. The number of benzene rings is 1. The molecule has 1 unspecified atom stereocenters. The Morgan fingerprint density at radius 3 is 2.89 bits per heavy atom. The van der Waals surface area contributed by atoms with Crippen molar-refractivity contribution < 1.29 is 14.6 Å². The Balaban J connectivity index is 1.97. The number of fused-ring (bicyclic) bond motifs is 1. The van der Waals surface area contributed by atoms with Gasteiger partial charge in [-0.2, -0.15) is 0 Å². The van der Waals surface area contributed by atoms with Crippen LogP contribution in [0.1, 0.15) is 11.1 Å². The summed E-state index contributed by atoms with van der Waals surface area (Å²) in [4.78, 5) is 11.3. The molecule has 1 aromatic rings. The van der Waals surface area contributed by atoms with E-state index in [4.69, 9.17) is 10.5 Å². The van der Waals surface area contributed by atoms with Crippen molar-refractivity contribution in [3.05, 3.63) is 29.3 Å². The minimum Gasteiger partial charge on any atom is -0.391 e. The van der Waals surface area contributed by atoms with Gasteiger partial charge in [0.25, 0.3) is 0 Å². The molecule has 4 N–H and O–H groups in total. The van der Waals surface area contributed by atoms with Gasteiger partial charge >= 0.3 is 0 Å². The van der Waals surface area contributed by atoms with Gasteiger partial charge in [-0.05, 0) is 17.2 Å². The second-order valence-electron chi connectivity index (χ2n) is 5.00. The third kappa shape index (κ3) is 1.55. The summed E-state index contributed by atoms with van der Waals surface area (Å²) in [5.74, 6) is 0.0143. The van der Waals surface area contributed by atoms with E-state index in [9.17, 15) is 9.90 Å². The first-order chi connectivity index (χ1) is 8.65. The number of hydrogen-bond donors (Lipinski definition) is 3. The average Bonchev–Trinajstić information content (AvgIpc) is 2.66. The van der Waals surface area contributed by atoms with Crippen LogP contribution in [-0.2, 0) is 21.4 Å². The smallest absolute Gasteiger partial charge is 0.228 e. The number of carbonyl (C=O) groups excluding carboxylic acids is 1. The highest BCUT2D eigenvalue weighted by Crippen LogP contribution is 2.38. The molecule has 0 aliphatic carbocycles. The van der Waals surface area contributed by atoms with Gasteiger partial charge in [0, 0.05) is 12.2 Å². The fourth-order valence-corrected chi connectivity index (χ4v) is 2.64. The molecule has 0 spiro atoms. The van der Waals surface area contributed by atoms with Gasteiger partial charge in [0.05, 0.1) is 31.2 Å². The summed E-state index contributed by atoms with van der Waals surface area (Å²) < 4.78 is 5.26. The topological polar surface area (TPSA) is 84.6 Å². The molecule has 1 fully saturated rings. The SMILES string of the molecule is NCC(O)C1(c2ccc3c(c2)CC(=O)N3)COC1. The van der Waals surface area contributed by atoms with Crippen LogP contribution in [0.3, 0.4) is 0 Å². The molecule has 5 heteroatoms. The van der Waals surface area contributed by atoms with Crippen LogP contribution in [0.25, 0.3) is 0 Å². The number of rotatable bonds is 3. The lowest BCUT2D eigenvalue weighted by Crippen LogP contribution is -2.57. The second-order valence-corrected chi connectivity index (χ2v) is 5.00. The molecule has 2 aliphatic rings. The van der Waals surface area contributed by atoms with Crippen LogP contribution in [0.5, 0.6) is 0 Å². The van der Waals surface area contributed by atoms with Gasteiger partial charge in [0.15, 0.2) is 0 Å². The van der Waals surface area contributed by atoms with Gasteiger partial charge in [-0.1, -0.05) is 12.1 Å². The number of aliphatic hydroxyl groups excluding tert-OH is 1. The first kappa shape index (κ1) is 11.6. The molecule has 5 nitrogen and oxygen atoms in total. The van der Waals surface area contributed by atoms with E-state index in [0.717, 1.165) is 16.8 Å². The van der Waals surface area contributed by atoms with E-state index in [-0.39, 0.29) is 12.5 Å². The summed E-state index contributed by atoms with van der Waals surface area (Å²) in [5.41, 5.74) is 8.00. The monoisotopic (exact) mass is 248 g/mol. The number of hydrogen-bond acceptors (Lipinski definition) is 4. The lowest BCUT2D eigenvalue weighted by Gasteiger charge is -2.45. The van der Waals surface area contributed by atoms with Crippen molar-refractivity contribution in [2.45, 2.75) is 17.9 Å². The molecule has 1 amide bonds. The second kappa shape index (κ2) is 4.05. The predicted molar refractivity (Wildman–Crippen MR) is 66.3 cm³/mol. The Labute approximate surface area is 105 Å². The van der Waals surface area contributed by atoms with Crippen molar-refractivity contribution in [2.24, 2.45) is 5.73 Å². The Bertz CT molecular complexity index is 497.